The van der Waals surface area contributed by atoms with Crippen molar-refractivity contribution in [2.45, 2.75) is 13.0 Å². The third kappa shape index (κ3) is 4.06. The molecule has 3 rings (SSSR count). The molecule has 2 aromatic carbocycles. The molecule has 0 atom stereocenters. The monoisotopic (exact) mass is 339 g/mol. The fourth-order valence-electron chi connectivity index (χ4n) is 2.91. The second-order valence-electron chi connectivity index (χ2n) is 5.93. The predicted octanol–water partition coefficient (Wildman–Crippen LogP) is 3.82. The van der Waals surface area contributed by atoms with Crippen LogP contribution in [-0.2, 0) is 6.61 Å². The van der Waals surface area contributed by atoms with Gasteiger partial charge in [-0.3, -0.25) is 0 Å². The molecule has 3 N–H and O–H groups in total. The zero-order valence-electron chi connectivity index (χ0n) is 14.2. The van der Waals surface area contributed by atoms with Gasteiger partial charge < -0.3 is 20.8 Å². The second kappa shape index (κ2) is 7.94. The lowest BCUT2D eigenvalue weighted by Crippen LogP contribution is -2.20. The van der Waals surface area contributed by atoms with E-state index in [0.29, 0.717) is 0 Å². The molecule has 0 saturated carbocycles. The van der Waals surface area contributed by atoms with Crippen molar-refractivity contribution in [3.05, 3.63) is 65.0 Å². The van der Waals surface area contributed by atoms with Gasteiger partial charge in [0, 0.05) is 31.1 Å². The lowest BCUT2D eigenvalue weighted by atomic mass is 10.00. The van der Waals surface area contributed by atoms with E-state index in [-0.39, 0.29) is 18.2 Å². The summed E-state index contributed by atoms with van der Waals surface area (Å²) in [7, 11) is 1.81. The third-order valence-corrected chi connectivity index (χ3v) is 4.30. The summed E-state index contributed by atoms with van der Waals surface area (Å²) in [5, 5.41) is 13.8. The van der Waals surface area contributed by atoms with E-state index in [0.717, 1.165) is 41.9 Å². The van der Waals surface area contributed by atoms with Gasteiger partial charge in [0.15, 0.2) is 11.6 Å². The number of nitrogens with one attached hydrogen (secondary N) is 3. The van der Waals surface area contributed by atoms with Crippen molar-refractivity contribution in [2.24, 2.45) is 0 Å². The molecule has 0 spiro atoms. The van der Waals surface area contributed by atoms with Crippen molar-refractivity contribution < 1.29 is 9.13 Å². The Bertz CT molecular complexity index is 802. The maximum Gasteiger partial charge on any atom is 0.165 e. The Balaban J connectivity index is 1.76. The van der Waals surface area contributed by atoms with Crippen LogP contribution in [0.25, 0.3) is 5.57 Å². The summed E-state index contributed by atoms with van der Waals surface area (Å²) in [5.74, 6) is -0.108. The predicted molar refractivity (Wildman–Crippen MR) is 100 cm³/mol. The van der Waals surface area contributed by atoms with Crippen LogP contribution in [0.3, 0.4) is 0 Å². The zero-order chi connectivity index (χ0) is 17.6. The van der Waals surface area contributed by atoms with Gasteiger partial charge in [-0.15, -0.1) is 0 Å². The summed E-state index contributed by atoms with van der Waals surface area (Å²) in [4.78, 5) is 0. The Morgan fingerprint density at radius 3 is 2.88 bits per heavy atom. The van der Waals surface area contributed by atoms with Gasteiger partial charge in [-0.25, -0.2) is 4.39 Å². The van der Waals surface area contributed by atoms with Crippen LogP contribution in [0.4, 0.5) is 10.1 Å². The number of halogens is 1. The van der Waals surface area contributed by atoms with E-state index in [4.69, 9.17) is 10.1 Å². The second-order valence-corrected chi connectivity index (χ2v) is 5.93. The lowest BCUT2D eigenvalue weighted by Gasteiger charge is -2.16. The average Bonchev–Trinajstić information content (AvgIpc) is 2.67. The van der Waals surface area contributed by atoms with Gasteiger partial charge in [0.25, 0.3) is 0 Å². The molecule has 130 valence electrons. The maximum absolute atomic E-state index is 14.1. The molecule has 0 fully saturated rings. The first-order valence-corrected chi connectivity index (χ1v) is 8.35. The molecule has 0 aliphatic carbocycles. The summed E-state index contributed by atoms with van der Waals surface area (Å²) < 4.78 is 19.8. The molecule has 0 bridgehead atoms. The molecule has 1 aliphatic rings. The van der Waals surface area contributed by atoms with Gasteiger partial charge >= 0.3 is 0 Å². The first-order chi connectivity index (χ1) is 12.2. The van der Waals surface area contributed by atoms with Crippen LogP contribution < -0.4 is 15.4 Å². The molecule has 2 aromatic rings. The summed E-state index contributed by atoms with van der Waals surface area (Å²) in [5.41, 5.74) is 4.77. The topological polar surface area (TPSA) is 57.1 Å². The van der Waals surface area contributed by atoms with Crippen molar-refractivity contribution in [3.63, 3.8) is 0 Å². The lowest BCUT2D eigenvalue weighted by molar-refractivity contribution is 0.290. The van der Waals surface area contributed by atoms with Gasteiger partial charge in [0.2, 0.25) is 0 Å². The Hall–Kier alpha value is -2.66. The van der Waals surface area contributed by atoms with Gasteiger partial charge in [-0.05, 0) is 53.9 Å². The van der Waals surface area contributed by atoms with E-state index in [1.165, 1.54) is 17.9 Å². The number of hydrogen-bond acceptors (Lipinski definition) is 4. The summed E-state index contributed by atoms with van der Waals surface area (Å²) in [6.07, 6.45) is 4.35. The van der Waals surface area contributed by atoms with Crippen molar-refractivity contribution in [3.8, 4) is 5.75 Å². The van der Waals surface area contributed by atoms with Crippen molar-refractivity contribution in [1.82, 2.24) is 5.32 Å². The number of anilines is 1. The SMILES string of the molecule is CNc1ccc(COc2cc(C3=CCNCC3)ccc2F)cc1C=N. The number of hydrogen-bond donors (Lipinski definition) is 3. The Morgan fingerprint density at radius 1 is 1.28 bits per heavy atom. The van der Waals surface area contributed by atoms with Crippen LogP contribution in [0, 0.1) is 11.2 Å². The van der Waals surface area contributed by atoms with Gasteiger partial charge in [0.1, 0.15) is 6.61 Å². The molecular weight excluding hydrogens is 317 g/mol. The third-order valence-electron chi connectivity index (χ3n) is 4.30. The van der Waals surface area contributed by atoms with E-state index in [9.17, 15) is 4.39 Å². The zero-order valence-corrected chi connectivity index (χ0v) is 14.2. The molecule has 0 radical (unpaired) electrons. The molecule has 0 aromatic heterocycles. The highest BCUT2D eigenvalue weighted by molar-refractivity contribution is 5.86. The fraction of sp³-hybridized carbons (Fsp3) is 0.250. The average molecular weight is 339 g/mol. The van der Waals surface area contributed by atoms with Gasteiger partial charge in [-0.2, -0.15) is 0 Å². The van der Waals surface area contributed by atoms with Crippen LogP contribution in [0.2, 0.25) is 0 Å². The van der Waals surface area contributed by atoms with Crippen molar-refractivity contribution >= 4 is 17.5 Å². The smallest absolute Gasteiger partial charge is 0.165 e. The minimum Gasteiger partial charge on any atom is -0.486 e. The minimum atomic E-state index is -0.364. The molecule has 4 nitrogen and oxygen atoms in total. The number of ether oxygens (including phenoxy) is 1. The van der Waals surface area contributed by atoms with Crippen LogP contribution in [0.15, 0.2) is 42.5 Å². The van der Waals surface area contributed by atoms with E-state index in [1.807, 2.05) is 25.2 Å². The highest BCUT2D eigenvalue weighted by Crippen LogP contribution is 2.27. The highest BCUT2D eigenvalue weighted by Gasteiger charge is 2.11. The Morgan fingerprint density at radius 2 is 2.16 bits per heavy atom. The Labute approximate surface area is 147 Å². The first-order valence-electron chi connectivity index (χ1n) is 8.35. The summed E-state index contributed by atoms with van der Waals surface area (Å²) in [6, 6.07) is 10.7. The number of rotatable bonds is 6. The van der Waals surface area contributed by atoms with Crippen molar-refractivity contribution in [2.75, 3.05) is 25.5 Å². The molecule has 5 heteroatoms. The van der Waals surface area contributed by atoms with Crippen LogP contribution in [0.5, 0.6) is 5.75 Å². The molecular formula is C20H22FN3O. The van der Waals surface area contributed by atoms with Crippen LogP contribution in [0.1, 0.15) is 23.1 Å². The van der Waals surface area contributed by atoms with Crippen molar-refractivity contribution in [1.29, 1.82) is 5.41 Å². The molecule has 0 amide bonds. The maximum atomic E-state index is 14.1. The largest absolute Gasteiger partial charge is 0.486 e. The molecule has 0 saturated heterocycles. The van der Waals surface area contributed by atoms with Crippen LogP contribution >= 0.6 is 0 Å². The quantitative estimate of drug-likeness (QED) is 0.701. The molecule has 1 aliphatic heterocycles. The normalized spacial score (nSPS) is 13.9. The number of benzene rings is 2. The summed E-state index contributed by atoms with van der Waals surface area (Å²) in [6.45, 7) is 2.03. The molecule has 0 unspecified atom stereocenters. The Kier molecular flexibility index (Phi) is 5.46. The van der Waals surface area contributed by atoms with Gasteiger partial charge in [0.05, 0.1) is 0 Å². The van der Waals surface area contributed by atoms with E-state index < -0.39 is 0 Å². The minimum absolute atomic E-state index is 0.256. The highest BCUT2D eigenvalue weighted by atomic mass is 19.1. The first kappa shape index (κ1) is 17.2. The summed E-state index contributed by atoms with van der Waals surface area (Å²) >= 11 is 0. The molecule has 1 heterocycles. The van der Waals surface area contributed by atoms with E-state index in [2.05, 4.69) is 16.7 Å². The van der Waals surface area contributed by atoms with E-state index in [1.54, 1.807) is 12.1 Å². The van der Waals surface area contributed by atoms with E-state index >= 15 is 0 Å². The molecule has 25 heavy (non-hydrogen) atoms. The van der Waals surface area contributed by atoms with Crippen LogP contribution in [-0.4, -0.2) is 26.4 Å². The fourth-order valence-corrected chi connectivity index (χ4v) is 2.91. The standard InChI is InChI=1S/C20H22FN3O/c1-23-19-5-2-14(10-17(19)12-22)13-25-20-11-16(3-4-18(20)21)15-6-8-24-9-7-15/h2-6,10-12,22-24H,7-9,13H2,1H3. The van der Waals surface area contributed by atoms with Gasteiger partial charge in [-0.1, -0.05) is 18.2 Å².